The Morgan fingerprint density at radius 2 is 1.96 bits per heavy atom. The van der Waals surface area contributed by atoms with E-state index in [1.54, 1.807) is 0 Å². The Balaban J connectivity index is 1.98. The van der Waals surface area contributed by atoms with Crippen LogP contribution in [-0.4, -0.2) is 28.9 Å². The third kappa shape index (κ3) is 2.23. The number of anilines is 1. The summed E-state index contributed by atoms with van der Waals surface area (Å²) in [5, 5.41) is 5.92. The number of fused-ring (bicyclic) bond motifs is 1. The molecule has 5 nitrogen and oxygen atoms in total. The van der Waals surface area contributed by atoms with Crippen LogP contribution in [0.4, 0.5) is 5.69 Å². The normalized spacial score (nSPS) is 18.0. The lowest BCUT2D eigenvalue weighted by molar-refractivity contribution is 0.451. The van der Waals surface area contributed by atoms with E-state index in [1.807, 2.05) is 6.92 Å². The monoisotopic (exact) mass is 344 g/mol. The van der Waals surface area contributed by atoms with Gasteiger partial charge in [0.2, 0.25) is 0 Å². The second-order valence-electron chi connectivity index (χ2n) is 6.68. The summed E-state index contributed by atoms with van der Waals surface area (Å²) in [7, 11) is 0. The summed E-state index contributed by atoms with van der Waals surface area (Å²) < 4.78 is 7.84. The summed E-state index contributed by atoms with van der Waals surface area (Å²) in [6.45, 7) is 7.88. The zero-order valence-corrected chi connectivity index (χ0v) is 14.9. The molecule has 4 rings (SSSR count). The van der Waals surface area contributed by atoms with Crippen molar-refractivity contribution in [3.8, 4) is 5.82 Å². The van der Waals surface area contributed by atoms with Crippen molar-refractivity contribution in [1.82, 2.24) is 9.72 Å². The Morgan fingerprint density at radius 3 is 2.58 bits per heavy atom. The SMILES string of the molecule is Cc1cc(N2CCC(N)C2)c2onc(-n3c(C)ccc3C)c2c1Cl. The zero-order valence-electron chi connectivity index (χ0n) is 14.1. The Bertz CT molecular complexity index is 907. The molecule has 1 atom stereocenters. The number of hydrogen-bond acceptors (Lipinski definition) is 4. The maximum atomic E-state index is 6.64. The van der Waals surface area contributed by atoms with Gasteiger partial charge in [-0.25, -0.2) is 0 Å². The van der Waals surface area contributed by atoms with E-state index >= 15 is 0 Å². The summed E-state index contributed by atoms with van der Waals surface area (Å²) >= 11 is 6.64. The summed E-state index contributed by atoms with van der Waals surface area (Å²) in [4.78, 5) is 2.26. The van der Waals surface area contributed by atoms with E-state index in [0.29, 0.717) is 5.02 Å². The molecule has 0 amide bonds. The first kappa shape index (κ1) is 15.5. The van der Waals surface area contributed by atoms with Gasteiger partial charge in [0.25, 0.3) is 0 Å². The molecule has 1 saturated heterocycles. The highest BCUT2D eigenvalue weighted by atomic mass is 35.5. The molecule has 0 bridgehead atoms. The van der Waals surface area contributed by atoms with E-state index in [4.69, 9.17) is 21.9 Å². The lowest BCUT2D eigenvalue weighted by atomic mass is 10.1. The lowest BCUT2D eigenvalue weighted by Gasteiger charge is -2.19. The number of nitrogens with two attached hydrogens (primary N) is 1. The van der Waals surface area contributed by atoms with Gasteiger partial charge in [-0.15, -0.1) is 0 Å². The molecule has 2 N–H and O–H groups in total. The van der Waals surface area contributed by atoms with Gasteiger partial charge in [0.05, 0.1) is 16.1 Å². The van der Waals surface area contributed by atoms with Crippen molar-refractivity contribution < 1.29 is 4.52 Å². The van der Waals surface area contributed by atoms with Crippen LogP contribution in [0.3, 0.4) is 0 Å². The van der Waals surface area contributed by atoms with Gasteiger partial charge in [-0.05, 0) is 51.0 Å². The predicted octanol–water partition coefficient (Wildman–Crippen LogP) is 3.73. The molecule has 6 heteroatoms. The summed E-state index contributed by atoms with van der Waals surface area (Å²) in [6.07, 6.45) is 0.986. The van der Waals surface area contributed by atoms with E-state index in [1.165, 1.54) is 0 Å². The van der Waals surface area contributed by atoms with Crippen molar-refractivity contribution in [3.63, 3.8) is 0 Å². The first-order valence-electron chi connectivity index (χ1n) is 8.21. The average molecular weight is 345 g/mol. The maximum absolute atomic E-state index is 6.64. The average Bonchev–Trinajstić information content (AvgIpc) is 3.23. The predicted molar refractivity (Wildman–Crippen MR) is 97.4 cm³/mol. The molecule has 0 aliphatic carbocycles. The number of rotatable bonds is 2. The van der Waals surface area contributed by atoms with Crippen LogP contribution in [-0.2, 0) is 0 Å². The van der Waals surface area contributed by atoms with Gasteiger partial charge < -0.3 is 15.2 Å². The van der Waals surface area contributed by atoms with Crippen molar-refractivity contribution in [2.45, 2.75) is 33.2 Å². The number of nitrogens with zero attached hydrogens (tertiary/aromatic N) is 3. The third-order valence-electron chi connectivity index (χ3n) is 4.87. The van der Waals surface area contributed by atoms with Crippen molar-refractivity contribution in [2.24, 2.45) is 5.73 Å². The molecule has 3 heterocycles. The minimum atomic E-state index is 0.201. The first-order chi connectivity index (χ1) is 11.5. The van der Waals surface area contributed by atoms with Gasteiger partial charge in [0.15, 0.2) is 11.4 Å². The summed E-state index contributed by atoms with van der Waals surface area (Å²) in [5.41, 5.74) is 11.1. The van der Waals surface area contributed by atoms with Crippen LogP contribution in [0.2, 0.25) is 5.02 Å². The summed E-state index contributed by atoms with van der Waals surface area (Å²) in [6, 6.07) is 6.42. The van der Waals surface area contributed by atoms with E-state index in [2.05, 4.69) is 46.7 Å². The quantitative estimate of drug-likeness (QED) is 0.769. The molecule has 0 saturated carbocycles. The minimum Gasteiger partial charge on any atom is -0.367 e. The Morgan fingerprint density at radius 1 is 1.25 bits per heavy atom. The fourth-order valence-corrected chi connectivity index (χ4v) is 3.81. The second-order valence-corrected chi connectivity index (χ2v) is 7.06. The van der Waals surface area contributed by atoms with E-state index in [9.17, 15) is 0 Å². The fraction of sp³-hybridized carbons (Fsp3) is 0.389. The van der Waals surface area contributed by atoms with Gasteiger partial charge in [0.1, 0.15) is 0 Å². The molecule has 1 aromatic carbocycles. The molecule has 0 spiro atoms. The number of hydrogen-bond donors (Lipinski definition) is 1. The van der Waals surface area contributed by atoms with Crippen LogP contribution in [0.5, 0.6) is 0 Å². The highest BCUT2D eigenvalue weighted by Crippen LogP contribution is 2.40. The lowest BCUT2D eigenvalue weighted by Crippen LogP contribution is -2.26. The molecule has 0 radical (unpaired) electrons. The van der Waals surface area contributed by atoms with Crippen LogP contribution in [0, 0.1) is 20.8 Å². The molecule has 126 valence electrons. The largest absolute Gasteiger partial charge is 0.367 e. The minimum absolute atomic E-state index is 0.201. The molecule has 3 aromatic rings. The maximum Gasteiger partial charge on any atom is 0.193 e. The van der Waals surface area contributed by atoms with Crippen molar-refractivity contribution in [1.29, 1.82) is 0 Å². The zero-order chi connectivity index (χ0) is 17.0. The molecule has 1 aliphatic heterocycles. The molecule has 1 fully saturated rings. The number of benzene rings is 1. The van der Waals surface area contributed by atoms with E-state index in [-0.39, 0.29) is 6.04 Å². The van der Waals surface area contributed by atoms with E-state index < -0.39 is 0 Å². The van der Waals surface area contributed by atoms with Gasteiger partial charge in [0, 0.05) is 30.5 Å². The van der Waals surface area contributed by atoms with E-state index in [0.717, 1.165) is 58.9 Å². The Kier molecular flexibility index (Phi) is 3.58. The van der Waals surface area contributed by atoms with Crippen molar-refractivity contribution in [3.05, 3.63) is 40.2 Å². The smallest absolute Gasteiger partial charge is 0.193 e. The Hall–Kier alpha value is -1.98. The van der Waals surface area contributed by atoms with Crippen LogP contribution >= 0.6 is 11.6 Å². The topological polar surface area (TPSA) is 60.2 Å². The van der Waals surface area contributed by atoms with Crippen LogP contribution in [0.1, 0.15) is 23.4 Å². The number of aryl methyl sites for hydroxylation is 3. The molecule has 1 aliphatic rings. The van der Waals surface area contributed by atoms with Crippen molar-refractivity contribution >= 4 is 28.3 Å². The highest BCUT2D eigenvalue weighted by molar-refractivity contribution is 6.37. The number of aromatic nitrogens is 2. The fourth-order valence-electron chi connectivity index (χ4n) is 3.58. The standard InChI is InChI=1S/C18H21ClN4O/c1-10-8-14(22-7-6-13(20)9-22)17-15(16(10)19)18(21-24-17)23-11(2)4-5-12(23)3/h4-5,8,13H,6-7,9,20H2,1-3H3. The Labute approximate surface area is 146 Å². The molecule has 1 unspecified atom stereocenters. The van der Waals surface area contributed by atoms with Crippen LogP contribution < -0.4 is 10.6 Å². The summed E-state index contributed by atoms with van der Waals surface area (Å²) in [5.74, 6) is 0.753. The van der Waals surface area contributed by atoms with Gasteiger partial charge in [-0.3, -0.25) is 4.57 Å². The van der Waals surface area contributed by atoms with Gasteiger partial charge in [-0.1, -0.05) is 16.8 Å². The molecule has 24 heavy (non-hydrogen) atoms. The number of halogens is 1. The highest BCUT2D eigenvalue weighted by Gasteiger charge is 2.26. The third-order valence-corrected chi connectivity index (χ3v) is 5.36. The molecular weight excluding hydrogens is 324 g/mol. The van der Waals surface area contributed by atoms with Gasteiger partial charge >= 0.3 is 0 Å². The first-order valence-corrected chi connectivity index (χ1v) is 8.59. The van der Waals surface area contributed by atoms with Crippen LogP contribution in [0.25, 0.3) is 16.8 Å². The van der Waals surface area contributed by atoms with Crippen molar-refractivity contribution in [2.75, 3.05) is 18.0 Å². The van der Waals surface area contributed by atoms with Crippen LogP contribution in [0.15, 0.2) is 22.7 Å². The second kappa shape index (κ2) is 5.53. The molecule has 2 aromatic heterocycles. The van der Waals surface area contributed by atoms with Gasteiger partial charge in [-0.2, -0.15) is 0 Å². The molecular formula is C18H21ClN4O.